The van der Waals surface area contributed by atoms with Gasteiger partial charge in [-0.05, 0) is 47.4 Å². The van der Waals surface area contributed by atoms with Crippen molar-refractivity contribution in [3.8, 4) is 5.75 Å². The van der Waals surface area contributed by atoms with E-state index in [1.165, 1.54) is 11.3 Å². The summed E-state index contributed by atoms with van der Waals surface area (Å²) in [6.07, 6.45) is 1.66. The molecular formula is C17H13N3O4S3. The van der Waals surface area contributed by atoms with Crippen molar-refractivity contribution in [2.75, 3.05) is 6.61 Å². The predicted octanol–water partition coefficient (Wildman–Crippen LogP) is 2.16. The minimum absolute atomic E-state index is 0.206. The molecular weight excluding hydrogens is 406 g/mol. The topological polar surface area (TPSA) is 102 Å². The fraction of sp³-hybridized carbons (Fsp3) is 0.0588. The molecule has 3 rings (SSSR count). The van der Waals surface area contributed by atoms with Gasteiger partial charge in [-0.15, -0.1) is 11.3 Å². The van der Waals surface area contributed by atoms with Crippen LogP contribution in [-0.4, -0.2) is 33.7 Å². The smallest absolute Gasteiger partial charge is 0.285 e. The number of amides is 3. The molecule has 1 aromatic carbocycles. The zero-order chi connectivity index (χ0) is 19.4. The summed E-state index contributed by atoms with van der Waals surface area (Å²) in [5.74, 6) is -0.864. The second-order valence-corrected chi connectivity index (χ2v) is 7.88. The first-order valence-corrected chi connectivity index (χ1v) is 9.68. The Hall–Kier alpha value is -2.69. The highest BCUT2D eigenvalue weighted by Crippen LogP contribution is 2.31. The van der Waals surface area contributed by atoms with E-state index in [-0.39, 0.29) is 10.9 Å². The summed E-state index contributed by atoms with van der Waals surface area (Å²) in [4.78, 5) is 36.3. The first-order chi connectivity index (χ1) is 12.9. The lowest BCUT2D eigenvalue weighted by Crippen LogP contribution is -2.44. The van der Waals surface area contributed by atoms with Gasteiger partial charge in [-0.2, -0.15) is 5.01 Å². The Morgan fingerprint density at radius 1 is 1.26 bits per heavy atom. The van der Waals surface area contributed by atoms with E-state index in [0.29, 0.717) is 15.5 Å². The number of nitrogens with two attached hydrogens (primary N) is 1. The summed E-state index contributed by atoms with van der Waals surface area (Å²) in [7, 11) is 0. The lowest BCUT2D eigenvalue weighted by Gasteiger charge is -2.14. The monoisotopic (exact) mass is 419 g/mol. The normalized spacial score (nSPS) is 15.3. The van der Waals surface area contributed by atoms with Gasteiger partial charge in [0.25, 0.3) is 17.7 Å². The number of carbonyl (C=O) groups excluding carboxylic acids is 3. The number of rotatable bonds is 6. The van der Waals surface area contributed by atoms with Crippen LogP contribution in [0.5, 0.6) is 5.75 Å². The zero-order valence-corrected chi connectivity index (χ0v) is 16.2. The number of carbonyl (C=O) groups is 3. The third-order valence-electron chi connectivity index (χ3n) is 3.31. The summed E-state index contributed by atoms with van der Waals surface area (Å²) in [5, 5.41) is 2.84. The number of thiocarbonyl (C=S) groups is 1. The molecule has 1 aliphatic rings. The van der Waals surface area contributed by atoms with Crippen LogP contribution >= 0.6 is 35.3 Å². The minimum Gasteiger partial charge on any atom is -0.484 e. The minimum atomic E-state index is -0.563. The molecule has 1 fully saturated rings. The van der Waals surface area contributed by atoms with Gasteiger partial charge in [0.15, 0.2) is 10.9 Å². The van der Waals surface area contributed by atoms with Crippen LogP contribution in [0.25, 0.3) is 6.08 Å². The first-order valence-electron chi connectivity index (χ1n) is 7.57. The molecule has 138 valence electrons. The molecule has 3 N–H and O–H groups in total. The standard InChI is InChI=1S/C17H13N3O4S3/c18-14(21)9-24-11-5-3-10(4-6-11)8-13-16(23)20(17(25)27-13)19-15(22)12-2-1-7-26-12/h1-8H,9H2,(H2,18,21)(H,19,22)/b13-8-. The van der Waals surface area contributed by atoms with Crippen LogP contribution in [-0.2, 0) is 9.59 Å². The van der Waals surface area contributed by atoms with E-state index in [9.17, 15) is 14.4 Å². The third kappa shape index (κ3) is 4.73. The molecule has 1 aliphatic heterocycles. The third-order valence-corrected chi connectivity index (χ3v) is 5.48. The van der Waals surface area contributed by atoms with Gasteiger partial charge in [-0.25, -0.2) is 0 Å². The van der Waals surface area contributed by atoms with Crippen molar-refractivity contribution in [2.45, 2.75) is 0 Å². The SMILES string of the molecule is NC(=O)COc1ccc(/C=C2\SC(=S)N(NC(=O)c3cccs3)C2=O)cc1. The molecule has 2 heterocycles. The number of thioether (sulfide) groups is 1. The number of hydrazine groups is 1. The fourth-order valence-corrected chi connectivity index (χ4v) is 3.89. The van der Waals surface area contributed by atoms with Gasteiger partial charge in [0.05, 0.1) is 9.78 Å². The molecule has 0 unspecified atom stereocenters. The van der Waals surface area contributed by atoms with Gasteiger partial charge in [0.1, 0.15) is 5.75 Å². The molecule has 1 aromatic heterocycles. The number of ether oxygens (including phenoxy) is 1. The quantitative estimate of drug-likeness (QED) is 0.550. The van der Waals surface area contributed by atoms with E-state index in [1.54, 1.807) is 47.9 Å². The average molecular weight is 420 g/mol. The lowest BCUT2D eigenvalue weighted by molar-refractivity contribution is -0.123. The second kappa shape index (κ2) is 8.33. The van der Waals surface area contributed by atoms with E-state index in [4.69, 9.17) is 22.7 Å². The number of hydrogen-bond acceptors (Lipinski definition) is 7. The van der Waals surface area contributed by atoms with Gasteiger partial charge in [-0.3, -0.25) is 19.8 Å². The Balaban J connectivity index is 1.68. The van der Waals surface area contributed by atoms with Gasteiger partial charge >= 0.3 is 0 Å². The van der Waals surface area contributed by atoms with Crippen LogP contribution in [0.15, 0.2) is 46.7 Å². The first kappa shape index (κ1) is 19.1. The molecule has 2 aromatic rings. The number of benzene rings is 1. The average Bonchev–Trinajstić information content (AvgIpc) is 3.26. The molecule has 0 bridgehead atoms. The van der Waals surface area contributed by atoms with E-state index in [1.807, 2.05) is 0 Å². The maximum atomic E-state index is 12.5. The summed E-state index contributed by atoms with van der Waals surface area (Å²) in [5.41, 5.74) is 8.29. The van der Waals surface area contributed by atoms with Crippen molar-refractivity contribution in [2.24, 2.45) is 5.73 Å². The van der Waals surface area contributed by atoms with Crippen molar-refractivity contribution in [3.63, 3.8) is 0 Å². The summed E-state index contributed by atoms with van der Waals surface area (Å²) < 4.78 is 5.43. The molecule has 0 atom stereocenters. The molecule has 0 aliphatic carbocycles. The van der Waals surface area contributed by atoms with Gasteiger partial charge < -0.3 is 10.5 Å². The molecule has 7 nitrogen and oxygen atoms in total. The molecule has 10 heteroatoms. The molecule has 0 spiro atoms. The van der Waals surface area contributed by atoms with Crippen molar-refractivity contribution in [1.82, 2.24) is 10.4 Å². The van der Waals surface area contributed by atoms with Gasteiger partial charge in [0, 0.05) is 0 Å². The van der Waals surface area contributed by atoms with Crippen molar-refractivity contribution in [1.29, 1.82) is 0 Å². The van der Waals surface area contributed by atoms with Crippen LogP contribution in [0, 0.1) is 0 Å². The summed E-state index contributed by atoms with van der Waals surface area (Å²) in [6, 6.07) is 10.2. The van der Waals surface area contributed by atoms with Crippen molar-refractivity contribution < 1.29 is 19.1 Å². The van der Waals surface area contributed by atoms with Gasteiger partial charge in [-0.1, -0.05) is 30.0 Å². The highest BCUT2D eigenvalue weighted by molar-refractivity contribution is 8.26. The lowest BCUT2D eigenvalue weighted by atomic mass is 10.2. The molecule has 0 radical (unpaired) electrons. The molecule has 3 amide bonds. The number of hydrogen-bond donors (Lipinski definition) is 2. The van der Waals surface area contributed by atoms with E-state index in [2.05, 4.69) is 5.43 Å². The van der Waals surface area contributed by atoms with Crippen LogP contribution in [0.3, 0.4) is 0 Å². The largest absolute Gasteiger partial charge is 0.484 e. The zero-order valence-electron chi connectivity index (χ0n) is 13.7. The van der Waals surface area contributed by atoms with Crippen molar-refractivity contribution >= 4 is 63.4 Å². The number of thiophene rings is 1. The fourth-order valence-electron chi connectivity index (χ4n) is 2.09. The Labute approximate surface area is 168 Å². The summed E-state index contributed by atoms with van der Waals surface area (Å²) >= 11 is 7.56. The maximum absolute atomic E-state index is 12.5. The van der Waals surface area contributed by atoms with Crippen LogP contribution < -0.4 is 15.9 Å². The Bertz CT molecular complexity index is 923. The second-order valence-electron chi connectivity index (χ2n) is 5.26. The molecule has 1 saturated heterocycles. The molecule has 0 saturated carbocycles. The number of primary amides is 1. The Morgan fingerprint density at radius 2 is 2.00 bits per heavy atom. The number of nitrogens with zero attached hydrogens (tertiary/aromatic N) is 1. The highest BCUT2D eigenvalue weighted by atomic mass is 32.2. The van der Waals surface area contributed by atoms with Gasteiger partial charge in [0.2, 0.25) is 0 Å². The molecule has 27 heavy (non-hydrogen) atoms. The van der Waals surface area contributed by atoms with Crippen LogP contribution in [0.1, 0.15) is 15.2 Å². The van der Waals surface area contributed by atoms with Crippen LogP contribution in [0.2, 0.25) is 0 Å². The van der Waals surface area contributed by atoms with E-state index in [0.717, 1.165) is 22.3 Å². The summed E-state index contributed by atoms with van der Waals surface area (Å²) in [6.45, 7) is -0.206. The van der Waals surface area contributed by atoms with E-state index < -0.39 is 17.7 Å². The maximum Gasteiger partial charge on any atom is 0.285 e. The highest BCUT2D eigenvalue weighted by Gasteiger charge is 2.33. The van der Waals surface area contributed by atoms with Crippen LogP contribution in [0.4, 0.5) is 0 Å². The predicted molar refractivity (Wildman–Crippen MR) is 108 cm³/mol. The van der Waals surface area contributed by atoms with Crippen molar-refractivity contribution in [3.05, 3.63) is 57.1 Å². The Morgan fingerprint density at radius 3 is 2.63 bits per heavy atom. The van der Waals surface area contributed by atoms with E-state index >= 15 is 0 Å². The number of nitrogens with one attached hydrogen (secondary N) is 1. The Kier molecular flexibility index (Phi) is 5.89.